The molecule has 1 saturated heterocycles. The normalized spacial score (nSPS) is 17.6. The quantitative estimate of drug-likeness (QED) is 0.804. The van der Waals surface area contributed by atoms with Crippen LogP contribution in [0.3, 0.4) is 0 Å². The SMILES string of the molecule is O=C(C1=NCc2ncccc21)N1CCC(c2ccccc2C(F)(F)F)CC1. The Labute approximate surface area is 154 Å². The zero-order chi connectivity index (χ0) is 19.0. The van der Waals surface area contributed by atoms with Crippen LogP contribution in [0.2, 0.25) is 0 Å². The zero-order valence-electron chi connectivity index (χ0n) is 14.5. The lowest BCUT2D eigenvalue weighted by molar-refractivity contribution is -0.138. The van der Waals surface area contributed by atoms with Crippen LogP contribution in [-0.4, -0.2) is 34.6 Å². The number of fused-ring (bicyclic) bond motifs is 1. The van der Waals surface area contributed by atoms with E-state index in [-0.39, 0.29) is 11.8 Å². The van der Waals surface area contributed by atoms with Crippen molar-refractivity contribution >= 4 is 11.6 Å². The number of carbonyl (C=O) groups is 1. The van der Waals surface area contributed by atoms with Gasteiger partial charge in [-0.2, -0.15) is 13.2 Å². The third kappa shape index (κ3) is 3.34. The molecular formula is C20H18F3N3O. The van der Waals surface area contributed by atoms with E-state index in [0.29, 0.717) is 43.8 Å². The predicted octanol–water partition coefficient (Wildman–Crippen LogP) is 3.81. The minimum atomic E-state index is -4.36. The topological polar surface area (TPSA) is 45.6 Å². The van der Waals surface area contributed by atoms with Crippen molar-refractivity contribution in [3.8, 4) is 0 Å². The van der Waals surface area contributed by atoms with E-state index in [9.17, 15) is 18.0 Å². The average molecular weight is 373 g/mol. The summed E-state index contributed by atoms with van der Waals surface area (Å²) in [6.07, 6.45) is -1.68. The van der Waals surface area contributed by atoms with Crippen LogP contribution in [0.1, 0.15) is 41.1 Å². The number of likely N-dealkylation sites (tertiary alicyclic amines) is 1. The number of hydrogen-bond acceptors (Lipinski definition) is 3. The van der Waals surface area contributed by atoms with E-state index >= 15 is 0 Å². The summed E-state index contributed by atoms with van der Waals surface area (Å²) in [7, 11) is 0. The summed E-state index contributed by atoms with van der Waals surface area (Å²) in [5, 5.41) is 0. The second-order valence-electron chi connectivity index (χ2n) is 6.81. The molecule has 1 amide bonds. The number of rotatable bonds is 2. The molecule has 0 bridgehead atoms. The Morgan fingerprint density at radius 2 is 1.81 bits per heavy atom. The van der Waals surface area contributed by atoms with Gasteiger partial charge in [0.1, 0.15) is 5.71 Å². The number of aromatic nitrogens is 1. The van der Waals surface area contributed by atoms with E-state index in [4.69, 9.17) is 0 Å². The van der Waals surface area contributed by atoms with Gasteiger partial charge in [-0.1, -0.05) is 18.2 Å². The molecular weight excluding hydrogens is 355 g/mol. The van der Waals surface area contributed by atoms with Crippen molar-refractivity contribution in [1.82, 2.24) is 9.88 Å². The van der Waals surface area contributed by atoms with Crippen LogP contribution < -0.4 is 0 Å². The lowest BCUT2D eigenvalue weighted by Crippen LogP contribution is -2.42. The van der Waals surface area contributed by atoms with E-state index in [1.807, 2.05) is 6.07 Å². The summed E-state index contributed by atoms with van der Waals surface area (Å²) in [5.74, 6) is -0.365. The van der Waals surface area contributed by atoms with Gasteiger partial charge in [-0.25, -0.2) is 0 Å². The van der Waals surface area contributed by atoms with E-state index < -0.39 is 11.7 Å². The molecule has 0 unspecified atom stereocenters. The van der Waals surface area contributed by atoms with Gasteiger partial charge < -0.3 is 4.90 Å². The molecule has 4 nitrogen and oxygen atoms in total. The summed E-state index contributed by atoms with van der Waals surface area (Å²) in [6, 6.07) is 9.33. The lowest BCUT2D eigenvalue weighted by atomic mass is 9.86. The van der Waals surface area contributed by atoms with Gasteiger partial charge in [0.25, 0.3) is 5.91 Å². The Morgan fingerprint density at radius 3 is 2.56 bits per heavy atom. The predicted molar refractivity (Wildman–Crippen MR) is 94.5 cm³/mol. The van der Waals surface area contributed by atoms with Crippen molar-refractivity contribution in [2.24, 2.45) is 4.99 Å². The number of carbonyl (C=O) groups excluding carboxylic acids is 1. The third-order valence-corrected chi connectivity index (χ3v) is 5.22. The molecule has 0 radical (unpaired) electrons. The summed E-state index contributed by atoms with van der Waals surface area (Å²) >= 11 is 0. The summed E-state index contributed by atoms with van der Waals surface area (Å²) < 4.78 is 39.8. The van der Waals surface area contributed by atoms with Crippen molar-refractivity contribution in [3.05, 3.63) is 65.0 Å². The van der Waals surface area contributed by atoms with Gasteiger partial charge in [-0.05, 0) is 42.5 Å². The summed E-state index contributed by atoms with van der Waals surface area (Å²) in [4.78, 5) is 23.1. The van der Waals surface area contributed by atoms with Gasteiger partial charge in [0.15, 0.2) is 0 Å². The second kappa shape index (κ2) is 6.79. The monoisotopic (exact) mass is 373 g/mol. The molecule has 0 N–H and O–H groups in total. The summed E-state index contributed by atoms with van der Waals surface area (Å²) in [5.41, 5.74) is 1.70. The highest BCUT2D eigenvalue weighted by Crippen LogP contribution is 2.38. The number of nitrogens with zero attached hydrogens (tertiary/aromatic N) is 3. The molecule has 1 aromatic carbocycles. The van der Waals surface area contributed by atoms with Crippen LogP contribution in [0.15, 0.2) is 47.6 Å². The van der Waals surface area contributed by atoms with Crippen LogP contribution in [0.4, 0.5) is 13.2 Å². The molecule has 7 heteroatoms. The fourth-order valence-electron chi connectivity index (χ4n) is 3.86. The van der Waals surface area contributed by atoms with Crippen molar-refractivity contribution < 1.29 is 18.0 Å². The van der Waals surface area contributed by atoms with Crippen molar-refractivity contribution in [1.29, 1.82) is 0 Å². The van der Waals surface area contributed by atoms with Gasteiger partial charge in [0.05, 0.1) is 17.8 Å². The molecule has 0 atom stereocenters. The van der Waals surface area contributed by atoms with Gasteiger partial charge in [-0.15, -0.1) is 0 Å². The Balaban J connectivity index is 1.47. The van der Waals surface area contributed by atoms with Crippen LogP contribution in [-0.2, 0) is 17.5 Å². The molecule has 3 heterocycles. The number of piperidine rings is 1. The first-order valence-corrected chi connectivity index (χ1v) is 8.89. The minimum Gasteiger partial charge on any atom is -0.337 e. The first-order valence-electron chi connectivity index (χ1n) is 8.89. The molecule has 0 spiro atoms. The van der Waals surface area contributed by atoms with Crippen LogP contribution >= 0.6 is 0 Å². The smallest absolute Gasteiger partial charge is 0.337 e. The molecule has 0 aliphatic carbocycles. The Bertz CT molecular complexity index is 899. The Morgan fingerprint density at radius 1 is 1.07 bits per heavy atom. The van der Waals surface area contributed by atoms with Gasteiger partial charge >= 0.3 is 6.18 Å². The highest BCUT2D eigenvalue weighted by atomic mass is 19.4. The second-order valence-corrected chi connectivity index (χ2v) is 6.81. The van der Waals surface area contributed by atoms with E-state index in [0.717, 1.165) is 17.3 Å². The van der Waals surface area contributed by atoms with Crippen molar-refractivity contribution in [2.75, 3.05) is 13.1 Å². The first-order chi connectivity index (χ1) is 12.9. The van der Waals surface area contributed by atoms with Crippen molar-refractivity contribution in [3.63, 3.8) is 0 Å². The Hall–Kier alpha value is -2.70. The largest absolute Gasteiger partial charge is 0.416 e. The number of benzene rings is 1. The highest BCUT2D eigenvalue weighted by molar-refractivity contribution is 6.46. The molecule has 2 aromatic rings. The summed E-state index contributed by atoms with van der Waals surface area (Å²) in [6.45, 7) is 1.24. The molecule has 2 aliphatic rings. The highest BCUT2D eigenvalue weighted by Gasteiger charge is 2.36. The van der Waals surface area contributed by atoms with Crippen LogP contribution in [0, 0.1) is 0 Å². The molecule has 0 saturated carbocycles. The van der Waals surface area contributed by atoms with Gasteiger partial charge in [-0.3, -0.25) is 14.8 Å². The number of halogens is 3. The first kappa shape index (κ1) is 17.7. The third-order valence-electron chi connectivity index (χ3n) is 5.22. The number of alkyl halides is 3. The number of pyridine rings is 1. The maximum absolute atomic E-state index is 13.3. The van der Waals surface area contributed by atoms with E-state index in [1.54, 1.807) is 29.3 Å². The standard InChI is InChI=1S/C20H18F3N3O/c21-20(22,23)16-6-2-1-4-14(16)13-7-10-26(11-8-13)19(27)18-15-5-3-9-24-17(15)12-25-18/h1-6,9,13H,7-8,10-12H2. The molecule has 140 valence electrons. The molecule has 4 rings (SSSR count). The minimum absolute atomic E-state index is 0.163. The fourth-order valence-corrected chi connectivity index (χ4v) is 3.86. The molecule has 27 heavy (non-hydrogen) atoms. The zero-order valence-corrected chi connectivity index (χ0v) is 14.5. The number of hydrogen-bond donors (Lipinski definition) is 0. The fraction of sp³-hybridized carbons (Fsp3) is 0.350. The number of aliphatic imine (C=N–C) groups is 1. The number of amides is 1. The van der Waals surface area contributed by atoms with E-state index in [2.05, 4.69) is 9.98 Å². The Kier molecular flexibility index (Phi) is 4.45. The maximum atomic E-state index is 13.3. The molecule has 1 aromatic heterocycles. The van der Waals surface area contributed by atoms with Crippen LogP contribution in [0.5, 0.6) is 0 Å². The van der Waals surface area contributed by atoms with Crippen LogP contribution in [0.25, 0.3) is 0 Å². The average Bonchev–Trinajstić information content (AvgIpc) is 3.11. The van der Waals surface area contributed by atoms with Gasteiger partial charge in [0.2, 0.25) is 0 Å². The van der Waals surface area contributed by atoms with Crippen molar-refractivity contribution in [2.45, 2.75) is 31.5 Å². The maximum Gasteiger partial charge on any atom is 0.416 e. The lowest BCUT2D eigenvalue weighted by Gasteiger charge is -2.33. The van der Waals surface area contributed by atoms with E-state index in [1.165, 1.54) is 6.07 Å². The van der Waals surface area contributed by atoms with Gasteiger partial charge in [0, 0.05) is 24.8 Å². The molecule has 2 aliphatic heterocycles. The molecule has 1 fully saturated rings.